The number of rotatable bonds is 3. The number of amides is 1. The number of alkyl halides is 3. The van der Waals surface area contributed by atoms with E-state index in [0.29, 0.717) is 0 Å². The van der Waals surface area contributed by atoms with E-state index in [2.05, 4.69) is 0 Å². The Kier molecular flexibility index (Phi) is 4.73. The quantitative estimate of drug-likeness (QED) is 0.583. The molecule has 1 N–H and O–H groups in total. The maximum Gasteiger partial charge on any atom is 0.471 e. The Hall–Kier alpha value is -4.84. The standard InChI is InChI=1S/C25H17F3N6O3/c1-22-17(13-29)18(15-9-5-3-6-10-15)24(14-30,23(22,2)31-19(35)25(26,27)28)34-21(37)32(20(36)33(22)34)16-11-7-4-8-12-16/h3-12H,1-2H3,(H,31,35)/t22-,23?,24+/m0/s1. The SMILES string of the molecule is CC1(NC(=O)C(F)(F)F)[C@@]2(C#N)C(c3ccccc3)=C(C#N)[C@]1(C)n1c(=O)n(-c3ccccc3)c(=O)n12. The number of benzene rings is 2. The zero-order valence-electron chi connectivity index (χ0n) is 19.4. The molecule has 2 aromatic carbocycles. The van der Waals surface area contributed by atoms with Crippen LogP contribution in [0.4, 0.5) is 13.2 Å². The van der Waals surface area contributed by atoms with Crippen molar-refractivity contribution in [3.05, 3.63) is 92.8 Å². The summed E-state index contributed by atoms with van der Waals surface area (Å²) in [6, 6.07) is 19.6. The minimum Gasteiger partial charge on any atom is -0.336 e. The van der Waals surface area contributed by atoms with Crippen LogP contribution < -0.4 is 16.7 Å². The van der Waals surface area contributed by atoms with Crippen LogP contribution in [-0.4, -0.2) is 31.6 Å². The van der Waals surface area contributed by atoms with Gasteiger partial charge in [-0.25, -0.2) is 23.5 Å². The van der Waals surface area contributed by atoms with Crippen LogP contribution in [-0.2, 0) is 15.9 Å². The van der Waals surface area contributed by atoms with E-state index >= 15 is 0 Å². The fourth-order valence-corrected chi connectivity index (χ4v) is 5.68. The topological polar surface area (TPSA) is 126 Å². The van der Waals surface area contributed by atoms with Gasteiger partial charge in [-0.2, -0.15) is 23.7 Å². The van der Waals surface area contributed by atoms with Crippen LogP contribution in [0.1, 0.15) is 19.4 Å². The molecule has 37 heavy (non-hydrogen) atoms. The molecule has 2 heterocycles. The predicted octanol–water partition coefficient (Wildman–Crippen LogP) is 2.18. The number of nitrogens with one attached hydrogen (secondary N) is 1. The second-order valence-corrected chi connectivity index (χ2v) is 9.06. The van der Waals surface area contributed by atoms with Crippen LogP contribution in [0.5, 0.6) is 0 Å². The van der Waals surface area contributed by atoms with Crippen LogP contribution in [0.25, 0.3) is 11.3 Å². The van der Waals surface area contributed by atoms with Gasteiger partial charge in [0.25, 0.3) is 0 Å². The minimum absolute atomic E-state index is 0.0714. The monoisotopic (exact) mass is 506 g/mol. The van der Waals surface area contributed by atoms with E-state index < -0.39 is 40.1 Å². The van der Waals surface area contributed by atoms with Crippen molar-refractivity contribution < 1.29 is 18.0 Å². The number of hydrogen-bond donors (Lipinski definition) is 1. The van der Waals surface area contributed by atoms with Crippen molar-refractivity contribution in [3.63, 3.8) is 0 Å². The molecule has 0 spiro atoms. The fourth-order valence-electron chi connectivity index (χ4n) is 5.68. The molecule has 1 aliphatic heterocycles. The summed E-state index contributed by atoms with van der Waals surface area (Å²) in [5.41, 5.74) is -8.59. The van der Waals surface area contributed by atoms with Crippen molar-refractivity contribution in [1.82, 2.24) is 19.2 Å². The molecule has 1 unspecified atom stereocenters. The number of para-hydroxylation sites is 1. The molecule has 0 fully saturated rings. The molecule has 0 saturated heterocycles. The number of carbonyl (C=O) groups excluding carboxylic acids is 1. The number of fused-ring (bicyclic) bond motifs is 5. The minimum atomic E-state index is -5.35. The van der Waals surface area contributed by atoms with E-state index in [-0.39, 0.29) is 22.4 Å². The molecule has 2 bridgehead atoms. The molecule has 9 nitrogen and oxygen atoms in total. The zero-order chi connectivity index (χ0) is 27.0. The van der Waals surface area contributed by atoms with Gasteiger partial charge in [-0.3, -0.25) is 4.79 Å². The number of nitriles is 2. The molecule has 1 amide bonds. The number of hydrogen-bond acceptors (Lipinski definition) is 5. The third kappa shape index (κ3) is 2.59. The Bertz CT molecular complexity index is 1700. The van der Waals surface area contributed by atoms with Gasteiger partial charge in [0.15, 0.2) is 0 Å². The number of nitrogens with zero attached hydrogens (tertiary/aromatic N) is 5. The van der Waals surface area contributed by atoms with Gasteiger partial charge in [0.1, 0.15) is 17.1 Å². The van der Waals surface area contributed by atoms with Crippen molar-refractivity contribution in [3.8, 4) is 17.8 Å². The lowest BCUT2D eigenvalue weighted by Gasteiger charge is -2.40. The average Bonchev–Trinajstić information content (AvgIpc) is 3.30. The van der Waals surface area contributed by atoms with Crippen LogP contribution in [0.2, 0.25) is 0 Å². The highest BCUT2D eigenvalue weighted by atomic mass is 19.4. The summed E-state index contributed by atoms with van der Waals surface area (Å²) in [5.74, 6) is -2.38. The number of carbonyl (C=O) groups is 1. The molecule has 5 rings (SSSR count). The predicted molar refractivity (Wildman–Crippen MR) is 123 cm³/mol. The summed E-state index contributed by atoms with van der Waals surface area (Å²) in [6.07, 6.45) is -5.35. The van der Waals surface area contributed by atoms with Crippen molar-refractivity contribution in [2.45, 2.75) is 36.6 Å². The Morgan fingerprint density at radius 2 is 1.46 bits per heavy atom. The summed E-state index contributed by atoms with van der Waals surface area (Å²) in [6.45, 7) is 2.41. The molecule has 3 aromatic rings. The lowest BCUT2D eigenvalue weighted by Crippen LogP contribution is -2.67. The Morgan fingerprint density at radius 3 is 1.97 bits per heavy atom. The molecule has 1 aliphatic carbocycles. The van der Waals surface area contributed by atoms with Gasteiger partial charge in [0, 0.05) is 5.57 Å². The highest BCUT2D eigenvalue weighted by molar-refractivity contribution is 5.91. The van der Waals surface area contributed by atoms with Gasteiger partial charge in [-0.1, -0.05) is 48.5 Å². The summed E-state index contributed by atoms with van der Waals surface area (Å²) in [5, 5.41) is 22.8. The van der Waals surface area contributed by atoms with Crippen molar-refractivity contribution in [2.75, 3.05) is 0 Å². The van der Waals surface area contributed by atoms with Crippen LogP contribution >= 0.6 is 0 Å². The maximum atomic E-state index is 13.8. The summed E-state index contributed by atoms with van der Waals surface area (Å²) < 4.78 is 42.8. The molecule has 0 saturated carbocycles. The molecule has 2 aliphatic rings. The van der Waals surface area contributed by atoms with Crippen molar-refractivity contribution in [1.29, 1.82) is 10.5 Å². The summed E-state index contributed by atoms with van der Waals surface area (Å²) in [7, 11) is 0. The highest BCUT2D eigenvalue weighted by Gasteiger charge is 2.79. The zero-order valence-corrected chi connectivity index (χ0v) is 19.4. The third-order valence-corrected chi connectivity index (χ3v) is 7.45. The molecular formula is C25H17F3N6O3. The normalized spacial score (nSPS) is 25.9. The molecule has 186 valence electrons. The van der Waals surface area contributed by atoms with Gasteiger partial charge in [0.2, 0.25) is 5.54 Å². The average molecular weight is 506 g/mol. The highest BCUT2D eigenvalue weighted by Crippen LogP contribution is 2.63. The first kappa shape index (κ1) is 23.9. The molecule has 0 radical (unpaired) electrons. The summed E-state index contributed by atoms with van der Waals surface area (Å²) >= 11 is 0. The lowest BCUT2D eigenvalue weighted by atomic mass is 9.71. The molecule has 3 atom stereocenters. The van der Waals surface area contributed by atoms with Crippen LogP contribution in [0, 0.1) is 22.7 Å². The first-order chi connectivity index (χ1) is 17.4. The second-order valence-electron chi connectivity index (χ2n) is 9.06. The first-order valence-corrected chi connectivity index (χ1v) is 11.0. The van der Waals surface area contributed by atoms with E-state index in [1.807, 2.05) is 17.5 Å². The van der Waals surface area contributed by atoms with Gasteiger partial charge in [-0.15, -0.1) is 0 Å². The van der Waals surface area contributed by atoms with E-state index in [9.17, 15) is 38.1 Å². The van der Waals surface area contributed by atoms with Gasteiger partial charge < -0.3 is 5.32 Å². The maximum absolute atomic E-state index is 13.8. The molecular weight excluding hydrogens is 489 g/mol. The number of halogens is 3. The largest absolute Gasteiger partial charge is 0.471 e. The summed E-state index contributed by atoms with van der Waals surface area (Å²) in [4.78, 5) is 39.9. The first-order valence-electron chi connectivity index (χ1n) is 11.0. The van der Waals surface area contributed by atoms with E-state index in [0.717, 1.165) is 20.9 Å². The van der Waals surface area contributed by atoms with Crippen molar-refractivity contribution >= 4 is 11.5 Å². The van der Waals surface area contributed by atoms with E-state index in [1.165, 1.54) is 31.2 Å². The number of aromatic nitrogens is 3. The van der Waals surface area contributed by atoms with Gasteiger partial charge in [0.05, 0.1) is 17.3 Å². The lowest BCUT2D eigenvalue weighted by molar-refractivity contribution is -0.176. The van der Waals surface area contributed by atoms with Crippen LogP contribution in [0.15, 0.2) is 75.8 Å². The van der Waals surface area contributed by atoms with Gasteiger partial charge in [-0.05, 0) is 31.5 Å². The third-order valence-electron chi connectivity index (χ3n) is 7.45. The Labute approximate surface area is 206 Å². The van der Waals surface area contributed by atoms with Crippen molar-refractivity contribution in [2.24, 2.45) is 0 Å². The smallest absolute Gasteiger partial charge is 0.336 e. The van der Waals surface area contributed by atoms with E-state index in [1.54, 1.807) is 36.4 Å². The Balaban J connectivity index is 1.95. The van der Waals surface area contributed by atoms with Crippen LogP contribution in [0.3, 0.4) is 0 Å². The molecule has 12 heteroatoms. The Morgan fingerprint density at radius 1 is 0.919 bits per heavy atom. The molecule has 1 aromatic heterocycles. The second kappa shape index (κ2) is 7.34. The van der Waals surface area contributed by atoms with Gasteiger partial charge >= 0.3 is 23.5 Å². The van der Waals surface area contributed by atoms with E-state index in [4.69, 9.17) is 0 Å². The fraction of sp³-hybridized carbons (Fsp3) is 0.240.